The molecule has 8 atom stereocenters. The number of hydrogen-bond acceptors (Lipinski definition) is 4. The lowest BCUT2D eigenvalue weighted by atomic mass is 9.44. The van der Waals surface area contributed by atoms with Gasteiger partial charge in [-0.05, 0) is 137 Å². The van der Waals surface area contributed by atoms with Crippen molar-refractivity contribution >= 4 is 11.8 Å². The van der Waals surface area contributed by atoms with E-state index in [1.54, 1.807) is 0 Å². The second-order valence-corrected chi connectivity index (χ2v) is 13.9. The van der Waals surface area contributed by atoms with Crippen LogP contribution in [0.3, 0.4) is 0 Å². The van der Waals surface area contributed by atoms with E-state index in [-0.39, 0.29) is 22.8 Å². The Morgan fingerprint density at radius 2 is 1.45 bits per heavy atom. The van der Waals surface area contributed by atoms with Crippen LogP contribution in [-0.4, -0.2) is 49.8 Å². The second-order valence-electron chi connectivity index (χ2n) is 13.9. The topological polar surface area (TPSA) is 76.7 Å². The third-order valence-electron chi connectivity index (χ3n) is 12.0. The summed E-state index contributed by atoms with van der Waals surface area (Å²) in [6.45, 7) is 17.6. The maximum absolute atomic E-state index is 11.4. The number of fused-ring (bicyclic) bond motifs is 5. The molecule has 40 heavy (non-hydrogen) atoms. The van der Waals surface area contributed by atoms with E-state index in [4.69, 9.17) is 9.47 Å². The fourth-order valence-corrected chi connectivity index (χ4v) is 9.40. The van der Waals surface area contributed by atoms with E-state index in [1.807, 2.05) is 0 Å². The minimum absolute atomic E-state index is 0.0370. The monoisotopic (exact) mass is 556 g/mol. The summed E-state index contributed by atoms with van der Waals surface area (Å²) in [7, 11) is 0. The van der Waals surface area contributed by atoms with Gasteiger partial charge in [-0.15, -0.1) is 0 Å². The maximum Gasteiger partial charge on any atom is 0.243 e. The van der Waals surface area contributed by atoms with Gasteiger partial charge >= 0.3 is 0 Å². The Labute approximate surface area is 243 Å². The van der Waals surface area contributed by atoms with E-state index in [9.17, 15) is 9.59 Å². The van der Waals surface area contributed by atoms with E-state index in [1.165, 1.54) is 69.9 Å². The molecule has 0 heterocycles. The summed E-state index contributed by atoms with van der Waals surface area (Å²) in [5, 5.41) is 5.72. The molecular formula is C34H56N2O4. The lowest BCUT2D eigenvalue weighted by Gasteiger charge is -2.62. The largest absolute Gasteiger partial charge is 0.378 e. The van der Waals surface area contributed by atoms with Gasteiger partial charge in [0.1, 0.15) is 0 Å². The van der Waals surface area contributed by atoms with Crippen LogP contribution in [0.15, 0.2) is 25.3 Å². The molecule has 0 aromatic carbocycles. The first kappa shape index (κ1) is 31.3. The molecule has 4 aliphatic carbocycles. The standard InChI is InChI=1S/C34H56N2O4/c1-6-30(37)35-20-8-10-22-39-26-14-17-32(3)25(24-26)12-13-27-28(32)15-18-33(4)29(27)16-19-34(33,5)40-23-11-9-21-36-31(38)7-2/h6-7,25-29H,1-2,8-24H2,3-5H3,(H,35,37)(H,36,38)/t25?,26?,27-,28-,29+,32+,33+,34?/m1/s1. The molecule has 0 spiro atoms. The van der Waals surface area contributed by atoms with E-state index in [0.29, 0.717) is 24.6 Å². The van der Waals surface area contributed by atoms with Crippen LogP contribution in [0.4, 0.5) is 0 Å². The van der Waals surface area contributed by atoms with Crippen LogP contribution in [0, 0.1) is 34.5 Å². The van der Waals surface area contributed by atoms with Crippen molar-refractivity contribution in [2.24, 2.45) is 34.5 Å². The highest BCUT2D eigenvalue weighted by Gasteiger charge is 2.64. The van der Waals surface area contributed by atoms with E-state index < -0.39 is 0 Å². The fraction of sp³-hybridized carbons (Fsp3) is 0.824. The Kier molecular flexibility index (Phi) is 10.6. The molecule has 226 valence electrons. The molecule has 0 bridgehead atoms. The SMILES string of the molecule is C=CC(=O)NCCCCOC1CC[C@@]2(C)C(CC[C@@H]3[C@H]2CC[C@@]2(C)[C@H]3CCC2(C)OCCCCNC(=O)C=C)C1. The lowest BCUT2D eigenvalue weighted by molar-refractivity contribution is -0.173. The minimum atomic E-state index is -0.0943. The van der Waals surface area contributed by atoms with Crippen LogP contribution < -0.4 is 10.6 Å². The first-order chi connectivity index (χ1) is 19.2. The van der Waals surface area contributed by atoms with Crippen LogP contribution >= 0.6 is 0 Å². The maximum atomic E-state index is 11.4. The Bertz CT molecular complexity index is 906. The van der Waals surface area contributed by atoms with Gasteiger partial charge in [-0.2, -0.15) is 0 Å². The molecule has 2 amide bonds. The van der Waals surface area contributed by atoms with Crippen LogP contribution in [0.25, 0.3) is 0 Å². The molecule has 0 radical (unpaired) electrons. The smallest absolute Gasteiger partial charge is 0.243 e. The van der Waals surface area contributed by atoms with Crippen molar-refractivity contribution in [3.05, 3.63) is 25.3 Å². The van der Waals surface area contributed by atoms with Crippen molar-refractivity contribution in [3.63, 3.8) is 0 Å². The second kappa shape index (κ2) is 13.5. The molecule has 4 aliphatic rings. The van der Waals surface area contributed by atoms with Gasteiger partial charge in [0.05, 0.1) is 11.7 Å². The molecule has 0 aliphatic heterocycles. The average molecular weight is 557 g/mol. The van der Waals surface area contributed by atoms with Gasteiger partial charge in [0, 0.05) is 26.3 Å². The number of amides is 2. The van der Waals surface area contributed by atoms with Crippen LogP contribution in [-0.2, 0) is 19.1 Å². The number of carbonyl (C=O) groups excluding carboxylic acids is 2. The summed E-state index contributed by atoms with van der Waals surface area (Å²) in [6.07, 6.45) is 18.5. The molecule has 0 saturated heterocycles. The zero-order chi connectivity index (χ0) is 28.8. The van der Waals surface area contributed by atoms with Crippen LogP contribution in [0.5, 0.6) is 0 Å². The molecule has 2 N–H and O–H groups in total. The summed E-state index contributed by atoms with van der Waals surface area (Å²) >= 11 is 0. The Morgan fingerprint density at radius 3 is 2.12 bits per heavy atom. The number of nitrogens with one attached hydrogen (secondary N) is 2. The van der Waals surface area contributed by atoms with Gasteiger partial charge < -0.3 is 20.1 Å². The van der Waals surface area contributed by atoms with Crippen LogP contribution in [0.2, 0.25) is 0 Å². The highest BCUT2D eigenvalue weighted by atomic mass is 16.5. The van der Waals surface area contributed by atoms with Crippen molar-refractivity contribution in [1.82, 2.24) is 10.6 Å². The summed E-state index contributed by atoms with van der Waals surface area (Å²) in [4.78, 5) is 22.7. The van der Waals surface area contributed by atoms with E-state index >= 15 is 0 Å². The molecule has 0 aromatic rings. The molecule has 3 unspecified atom stereocenters. The normalized spacial score (nSPS) is 38.4. The van der Waals surface area contributed by atoms with Crippen molar-refractivity contribution in [2.45, 2.75) is 116 Å². The first-order valence-corrected chi connectivity index (χ1v) is 16.2. The third kappa shape index (κ3) is 6.53. The van der Waals surface area contributed by atoms with Gasteiger partial charge in [-0.1, -0.05) is 27.0 Å². The van der Waals surface area contributed by atoms with Gasteiger partial charge in [-0.25, -0.2) is 0 Å². The number of hydrogen-bond donors (Lipinski definition) is 2. The predicted molar refractivity (Wildman–Crippen MR) is 161 cm³/mol. The van der Waals surface area contributed by atoms with E-state index in [0.717, 1.165) is 62.6 Å². The highest BCUT2D eigenvalue weighted by molar-refractivity contribution is 5.87. The molecule has 4 rings (SSSR count). The Hall–Kier alpha value is -1.66. The Balaban J connectivity index is 1.25. The van der Waals surface area contributed by atoms with Crippen molar-refractivity contribution in [2.75, 3.05) is 26.3 Å². The Morgan fingerprint density at radius 1 is 0.800 bits per heavy atom. The molecule has 4 saturated carbocycles. The summed E-state index contributed by atoms with van der Waals surface area (Å²) in [5.74, 6) is 3.05. The summed E-state index contributed by atoms with van der Waals surface area (Å²) < 4.78 is 13.1. The predicted octanol–water partition coefficient (Wildman–Crippen LogP) is 6.35. The highest BCUT2D eigenvalue weighted by Crippen LogP contribution is 2.68. The quantitative estimate of drug-likeness (QED) is 0.193. The van der Waals surface area contributed by atoms with Crippen molar-refractivity contribution < 1.29 is 19.1 Å². The molecule has 0 aromatic heterocycles. The number of ether oxygens (including phenoxy) is 2. The van der Waals surface area contributed by atoms with Gasteiger partial charge in [0.15, 0.2) is 0 Å². The van der Waals surface area contributed by atoms with Crippen LogP contribution in [0.1, 0.15) is 104 Å². The van der Waals surface area contributed by atoms with Crippen molar-refractivity contribution in [3.8, 4) is 0 Å². The fourth-order valence-electron chi connectivity index (χ4n) is 9.40. The van der Waals surface area contributed by atoms with Gasteiger partial charge in [-0.3, -0.25) is 9.59 Å². The zero-order valence-corrected chi connectivity index (χ0v) is 25.6. The molecular weight excluding hydrogens is 500 g/mol. The van der Waals surface area contributed by atoms with Gasteiger partial charge in [0.25, 0.3) is 0 Å². The average Bonchev–Trinajstić information content (AvgIpc) is 3.22. The molecule has 4 fully saturated rings. The number of carbonyl (C=O) groups is 2. The third-order valence-corrected chi connectivity index (χ3v) is 12.0. The zero-order valence-electron chi connectivity index (χ0n) is 25.6. The van der Waals surface area contributed by atoms with Crippen molar-refractivity contribution in [1.29, 1.82) is 0 Å². The molecule has 6 heteroatoms. The first-order valence-electron chi connectivity index (χ1n) is 16.2. The molecule has 6 nitrogen and oxygen atoms in total. The minimum Gasteiger partial charge on any atom is -0.378 e. The summed E-state index contributed by atoms with van der Waals surface area (Å²) in [6, 6.07) is 0. The van der Waals surface area contributed by atoms with Gasteiger partial charge in [0.2, 0.25) is 11.8 Å². The number of rotatable bonds is 14. The number of unbranched alkanes of at least 4 members (excludes halogenated alkanes) is 2. The lowest BCUT2D eigenvalue weighted by Crippen LogP contribution is -2.56. The van der Waals surface area contributed by atoms with E-state index in [2.05, 4.69) is 44.6 Å². The summed E-state index contributed by atoms with van der Waals surface area (Å²) in [5.41, 5.74) is 0.680.